The Morgan fingerprint density at radius 2 is 2.00 bits per heavy atom. The molecule has 2 bridgehead atoms. The maximum absolute atomic E-state index is 7.19. The highest BCUT2D eigenvalue weighted by Crippen LogP contribution is 2.65. The van der Waals surface area contributed by atoms with Crippen LogP contribution in [0.2, 0.25) is 0 Å². The summed E-state index contributed by atoms with van der Waals surface area (Å²) >= 11 is 0. The van der Waals surface area contributed by atoms with Gasteiger partial charge < -0.3 is 5.73 Å². The minimum Gasteiger partial charge on any atom is -0.325 e. The molecular weight excluding hydrogens is 122 g/mol. The topological polar surface area (TPSA) is 26.0 Å². The molecule has 0 aromatic carbocycles. The van der Waals surface area contributed by atoms with E-state index in [4.69, 9.17) is 9.85 Å². The standard InChI is InChI=1S/C6H11N.ClH/c1-5-2-6(7,3-5)4-5;/h2-4,7H2,1H3;1H/i1D3;. The van der Waals surface area contributed by atoms with Gasteiger partial charge in [0.05, 0.1) is 0 Å². The summed E-state index contributed by atoms with van der Waals surface area (Å²) in [7, 11) is 0. The second-order valence-electron chi connectivity index (χ2n) is 3.17. The van der Waals surface area contributed by atoms with Gasteiger partial charge in [0.25, 0.3) is 0 Å². The van der Waals surface area contributed by atoms with Gasteiger partial charge in [-0.15, -0.1) is 12.4 Å². The third-order valence-electron chi connectivity index (χ3n) is 2.07. The highest BCUT2D eigenvalue weighted by Gasteiger charge is 2.62. The van der Waals surface area contributed by atoms with Crippen LogP contribution in [-0.2, 0) is 0 Å². The van der Waals surface area contributed by atoms with Crippen molar-refractivity contribution < 1.29 is 4.11 Å². The molecule has 3 aliphatic rings. The van der Waals surface area contributed by atoms with Gasteiger partial charge in [-0.2, -0.15) is 0 Å². The molecule has 3 aliphatic carbocycles. The Morgan fingerprint density at radius 1 is 1.50 bits per heavy atom. The van der Waals surface area contributed by atoms with Crippen LogP contribution in [-0.4, -0.2) is 5.54 Å². The lowest BCUT2D eigenvalue weighted by molar-refractivity contribution is -0.115. The Kier molecular flexibility index (Phi) is 0.522. The Labute approximate surface area is 60.3 Å². The maximum Gasteiger partial charge on any atom is 0.0236 e. The van der Waals surface area contributed by atoms with Gasteiger partial charge in [-0.1, -0.05) is 6.85 Å². The van der Waals surface area contributed by atoms with E-state index in [0.717, 1.165) is 19.3 Å². The molecule has 0 aromatic heterocycles. The van der Waals surface area contributed by atoms with E-state index in [0.29, 0.717) is 0 Å². The lowest BCUT2D eigenvalue weighted by atomic mass is 9.41. The predicted octanol–water partition coefficient (Wildman–Crippen LogP) is 1.31. The summed E-state index contributed by atoms with van der Waals surface area (Å²) in [6.45, 7) is -1.76. The van der Waals surface area contributed by atoms with Gasteiger partial charge in [0.15, 0.2) is 0 Å². The average molecular weight is 137 g/mol. The average Bonchev–Trinajstić information content (AvgIpc) is 1.51. The minimum atomic E-state index is -1.76. The molecule has 2 N–H and O–H groups in total. The molecule has 3 saturated carbocycles. The first-order chi connectivity index (χ1) is 4.37. The molecule has 0 aliphatic heterocycles. The summed E-state index contributed by atoms with van der Waals surface area (Å²) in [4.78, 5) is 0. The van der Waals surface area contributed by atoms with E-state index in [1.807, 2.05) is 0 Å². The Hall–Kier alpha value is 0.250. The number of hydrogen-bond acceptors (Lipinski definition) is 1. The van der Waals surface area contributed by atoms with E-state index >= 15 is 0 Å². The third kappa shape index (κ3) is 0.517. The molecule has 8 heavy (non-hydrogen) atoms. The monoisotopic (exact) mass is 136 g/mol. The summed E-state index contributed by atoms with van der Waals surface area (Å²) in [5, 5.41) is 0. The highest BCUT2D eigenvalue weighted by atomic mass is 35.5. The van der Waals surface area contributed by atoms with Gasteiger partial charge in [-0.25, -0.2) is 0 Å². The molecule has 0 heterocycles. The lowest BCUT2D eigenvalue weighted by Crippen LogP contribution is -2.70. The smallest absolute Gasteiger partial charge is 0.0236 e. The van der Waals surface area contributed by atoms with Crippen LogP contribution in [0.4, 0.5) is 0 Å². The SMILES string of the molecule is Cl.[2H]C([2H])([2H])C12CC(N)(C1)C2. The Bertz CT molecular complexity index is 169. The molecule has 0 unspecified atom stereocenters. The molecule has 0 atom stereocenters. The molecule has 48 valence electrons. The van der Waals surface area contributed by atoms with E-state index in [1.165, 1.54) is 0 Å². The van der Waals surface area contributed by atoms with Crippen molar-refractivity contribution in [3.8, 4) is 0 Å². The van der Waals surface area contributed by atoms with E-state index in [1.54, 1.807) is 0 Å². The van der Waals surface area contributed by atoms with Crippen molar-refractivity contribution in [2.75, 3.05) is 0 Å². The van der Waals surface area contributed by atoms with Gasteiger partial charge in [-0.05, 0) is 24.7 Å². The zero-order valence-electron chi connectivity index (χ0n) is 7.61. The lowest BCUT2D eigenvalue weighted by Gasteiger charge is -2.67. The second-order valence-corrected chi connectivity index (χ2v) is 3.17. The van der Waals surface area contributed by atoms with Crippen LogP contribution in [0, 0.1) is 5.41 Å². The largest absolute Gasteiger partial charge is 0.325 e. The quantitative estimate of drug-likeness (QED) is 0.534. The second kappa shape index (κ2) is 1.22. The van der Waals surface area contributed by atoms with E-state index in [2.05, 4.69) is 0 Å². The maximum atomic E-state index is 7.19. The number of nitrogens with two attached hydrogens (primary N) is 1. The van der Waals surface area contributed by atoms with Crippen LogP contribution in [0.1, 0.15) is 30.2 Å². The van der Waals surface area contributed by atoms with Crippen molar-refractivity contribution in [1.82, 2.24) is 0 Å². The summed E-state index contributed by atoms with van der Waals surface area (Å²) in [6.07, 6.45) is 2.16. The fourth-order valence-electron chi connectivity index (χ4n) is 1.87. The first-order valence-corrected chi connectivity index (χ1v) is 2.66. The normalized spacial score (nSPS) is 64.9. The zero-order chi connectivity index (χ0) is 7.62. The van der Waals surface area contributed by atoms with Gasteiger partial charge in [0, 0.05) is 9.65 Å². The molecular formula is C6H12ClN. The third-order valence-corrected chi connectivity index (χ3v) is 2.07. The number of hydrogen-bond donors (Lipinski definition) is 1. The summed E-state index contributed by atoms with van der Waals surface area (Å²) in [5.41, 5.74) is 5.28. The molecule has 0 radical (unpaired) electrons. The first kappa shape index (κ1) is 3.43. The molecule has 3 fully saturated rings. The van der Waals surface area contributed by atoms with Gasteiger partial charge in [-0.3, -0.25) is 0 Å². The number of rotatable bonds is 0. The Balaban J connectivity index is 0.000000605. The summed E-state index contributed by atoms with van der Waals surface area (Å²) < 4.78 is 21.6. The van der Waals surface area contributed by atoms with Crippen LogP contribution in [0.3, 0.4) is 0 Å². The van der Waals surface area contributed by atoms with Crippen molar-refractivity contribution in [2.24, 2.45) is 11.1 Å². The van der Waals surface area contributed by atoms with Crippen molar-refractivity contribution in [1.29, 1.82) is 0 Å². The molecule has 0 amide bonds. The molecule has 0 spiro atoms. The molecule has 2 heteroatoms. The summed E-state index contributed by atoms with van der Waals surface area (Å²) in [6, 6.07) is 0. The molecule has 1 nitrogen and oxygen atoms in total. The first-order valence-electron chi connectivity index (χ1n) is 4.16. The van der Waals surface area contributed by atoms with Crippen LogP contribution in [0.25, 0.3) is 0 Å². The molecule has 3 rings (SSSR count). The van der Waals surface area contributed by atoms with E-state index < -0.39 is 6.85 Å². The fourth-order valence-corrected chi connectivity index (χ4v) is 1.87. The van der Waals surface area contributed by atoms with Crippen molar-refractivity contribution in [2.45, 2.75) is 31.7 Å². The van der Waals surface area contributed by atoms with Crippen LogP contribution in [0.5, 0.6) is 0 Å². The van der Waals surface area contributed by atoms with Crippen LogP contribution >= 0.6 is 12.4 Å². The van der Waals surface area contributed by atoms with Crippen molar-refractivity contribution in [3.63, 3.8) is 0 Å². The highest BCUT2D eigenvalue weighted by molar-refractivity contribution is 5.85. The fraction of sp³-hybridized carbons (Fsp3) is 1.00. The van der Waals surface area contributed by atoms with Crippen molar-refractivity contribution >= 4 is 12.4 Å². The Morgan fingerprint density at radius 3 is 2.12 bits per heavy atom. The van der Waals surface area contributed by atoms with Crippen LogP contribution < -0.4 is 5.73 Å². The minimum absolute atomic E-state index is 0. The van der Waals surface area contributed by atoms with E-state index in [9.17, 15) is 0 Å². The van der Waals surface area contributed by atoms with Gasteiger partial charge >= 0.3 is 0 Å². The molecule has 0 saturated heterocycles. The van der Waals surface area contributed by atoms with Crippen LogP contribution in [0.15, 0.2) is 0 Å². The van der Waals surface area contributed by atoms with Gasteiger partial charge in [0.2, 0.25) is 0 Å². The van der Waals surface area contributed by atoms with Gasteiger partial charge in [0.1, 0.15) is 0 Å². The summed E-state index contributed by atoms with van der Waals surface area (Å²) in [5.74, 6) is 0. The predicted molar refractivity (Wildman–Crippen MR) is 36.1 cm³/mol. The zero-order valence-corrected chi connectivity index (χ0v) is 5.42. The van der Waals surface area contributed by atoms with E-state index in [-0.39, 0.29) is 23.4 Å². The van der Waals surface area contributed by atoms with Crippen molar-refractivity contribution in [3.05, 3.63) is 0 Å². The number of halogens is 1. The molecule has 0 aromatic rings.